The molecule has 5 rings (SSSR count). The number of nitrogens with two attached hydrogens (primary N) is 1. The van der Waals surface area contributed by atoms with Crippen molar-refractivity contribution >= 4 is 34.1 Å². The molecule has 0 radical (unpaired) electrons. The SMILES string of the molecule is NC(=O)/C=C/c1cc(-c2cnc3[nH]cc(-c4ccnc5[nH]ccc45)c3c2)ccn1. The zero-order chi connectivity index (χ0) is 19.8. The highest BCUT2D eigenvalue weighted by atomic mass is 16.1. The number of rotatable bonds is 4. The standard InChI is InChI=1S/C22H16N6O/c23-20(29)2-1-15-9-13(3-6-24-15)14-10-18-19(12-28-22(18)27-11-14)16-4-7-25-21-17(16)5-8-26-21/h1-12H,(H2,23,29)(H,25,26)(H,27,28)/b2-1+. The fourth-order valence-corrected chi connectivity index (χ4v) is 3.47. The molecule has 0 aliphatic carbocycles. The Morgan fingerprint density at radius 1 is 0.897 bits per heavy atom. The number of carbonyl (C=O) groups is 1. The summed E-state index contributed by atoms with van der Waals surface area (Å²) in [5.41, 5.74) is 11.5. The van der Waals surface area contributed by atoms with Crippen LogP contribution in [0.25, 0.3) is 50.4 Å². The van der Waals surface area contributed by atoms with E-state index in [-0.39, 0.29) is 0 Å². The number of nitrogens with zero attached hydrogens (tertiary/aromatic N) is 3. The summed E-state index contributed by atoms with van der Waals surface area (Å²) < 4.78 is 0. The van der Waals surface area contributed by atoms with Gasteiger partial charge in [-0.3, -0.25) is 9.78 Å². The van der Waals surface area contributed by atoms with E-state index in [2.05, 4.69) is 31.0 Å². The van der Waals surface area contributed by atoms with Gasteiger partial charge in [0.05, 0.1) is 5.69 Å². The van der Waals surface area contributed by atoms with E-state index in [1.54, 1.807) is 18.5 Å². The van der Waals surface area contributed by atoms with Gasteiger partial charge in [0, 0.05) is 59.0 Å². The molecule has 0 bridgehead atoms. The van der Waals surface area contributed by atoms with Gasteiger partial charge < -0.3 is 15.7 Å². The van der Waals surface area contributed by atoms with Crippen LogP contribution in [-0.4, -0.2) is 30.8 Å². The Balaban J connectivity index is 1.63. The number of hydrogen-bond donors (Lipinski definition) is 3. The molecule has 140 valence electrons. The Kier molecular flexibility index (Phi) is 3.91. The van der Waals surface area contributed by atoms with Crippen molar-refractivity contribution in [3.05, 3.63) is 73.1 Å². The molecule has 4 N–H and O–H groups in total. The molecular weight excluding hydrogens is 364 g/mol. The highest BCUT2D eigenvalue weighted by Gasteiger charge is 2.12. The second-order valence-corrected chi connectivity index (χ2v) is 6.63. The maximum absolute atomic E-state index is 11.0. The van der Waals surface area contributed by atoms with Crippen molar-refractivity contribution in [2.24, 2.45) is 5.73 Å². The highest BCUT2D eigenvalue weighted by molar-refractivity contribution is 6.03. The first-order valence-electron chi connectivity index (χ1n) is 9.02. The maximum Gasteiger partial charge on any atom is 0.241 e. The predicted molar refractivity (Wildman–Crippen MR) is 113 cm³/mol. The van der Waals surface area contributed by atoms with Crippen LogP contribution in [0.1, 0.15) is 5.69 Å². The van der Waals surface area contributed by atoms with Gasteiger partial charge in [-0.1, -0.05) is 0 Å². The van der Waals surface area contributed by atoms with E-state index in [1.165, 1.54) is 6.08 Å². The average molecular weight is 380 g/mol. The zero-order valence-electron chi connectivity index (χ0n) is 15.3. The molecule has 5 heterocycles. The first-order valence-corrected chi connectivity index (χ1v) is 9.02. The van der Waals surface area contributed by atoms with Crippen LogP contribution in [0.4, 0.5) is 0 Å². The normalized spacial score (nSPS) is 11.6. The number of primary amides is 1. The number of amides is 1. The first-order chi connectivity index (χ1) is 14.2. The van der Waals surface area contributed by atoms with Crippen molar-refractivity contribution in [3.63, 3.8) is 0 Å². The van der Waals surface area contributed by atoms with Crippen molar-refractivity contribution in [1.29, 1.82) is 0 Å². The van der Waals surface area contributed by atoms with E-state index in [4.69, 9.17) is 5.73 Å². The van der Waals surface area contributed by atoms with E-state index < -0.39 is 5.91 Å². The Bertz CT molecular complexity index is 1400. The fourth-order valence-electron chi connectivity index (χ4n) is 3.47. The van der Waals surface area contributed by atoms with E-state index in [1.807, 2.05) is 42.9 Å². The van der Waals surface area contributed by atoms with Crippen molar-refractivity contribution in [2.45, 2.75) is 0 Å². The Morgan fingerprint density at radius 2 is 1.76 bits per heavy atom. The molecule has 7 nitrogen and oxygen atoms in total. The lowest BCUT2D eigenvalue weighted by atomic mass is 10.0. The van der Waals surface area contributed by atoms with Crippen LogP contribution >= 0.6 is 0 Å². The Morgan fingerprint density at radius 3 is 2.66 bits per heavy atom. The van der Waals surface area contributed by atoms with Gasteiger partial charge in [-0.25, -0.2) is 9.97 Å². The minimum atomic E-state index is -0.509. The molecule has 29 heavy (non-hydrogen) atoms. The van der Waals surface area contributed by atoms with Crippen molar-refractivity contribution in [1.82, 2.24) is 24.9 Å². The minimum Gasteiger partial charge on any atom is -0.366 e. The molecule has 7 heteroatoms. The number of H-pyrrole nitrogens is 2. The summed E-state index contributed by atoms with van der Waals surface area (Å²) >= 11 is 0. The van der Waals surface area contributed by atoms with Gasteiger partial charge in [-0.15, -0.1) is 0 Å². The molecule has 0 fully saturated rings. The first kappa shape index (κ1) is 16.9. The molecule has 0 aliphatic rings. The topological polar surface area (TPSA) is 113 Å². The van der Waals surface area contributed by atoms with Gasteiger partial charge in [0.15, 0.2) is 0 Å². The molecule has 0 aliphatic heterocycles. The highest BCUT2D eigenvalue weighted by Crippen LogP contribution is 2.34. The minimum absolute atomic E-state index is 0.509. The average Bonchev–Trinajstić information content (AvgIpc) is 3.38. The number of carbonyl (C=O) groups excluding carboxylic acids is 1. The van der Waals surface area contributed by atoms with E-state index >= 15 is 0 Å². The van der Waals surface area contributed by atoms with Crippen LogP contribution < -0.4 is 5.73 Å². The summed E-state index contributed by atoms with van der Waals surface area (Å²) in [5, 5.41) is 2.07. The molecule has 0 spiro atoms. The number of aromatic amines is 2. The third kappa shape index (κ3) is 3.04. The molecule has 0 saturated heterocycles. The molecule has 5 aromatic heterocycles. The molecular formula is C22H16N6O. The van der Waals surface area contributed by atoms with Crippen LogP contribution in [0.15, 0.2) is 67.4 Å². The maximum atomic E-state index is 11.0. The van der Waals surface area contributed by atoms with Crippen LogP contribution in [-0.2, 0) is 4.79 Å². The molecule has 0 atom stereocenters. The van der Waals surface area contributed by atoms with Gasteiger partial charge in [0.1, 0.15) is 11.3 Å². The Hall–Kier alpha value is -4.26. The number of nitrogens with one attached hydrogen (secondary N) is 2. The van der Waals surface area contributed by atoms with Crippen LogP contribution in [0, 0.1) is 0 Å². The summed E-state index contributed by atoms with van der Waals surface area (Å²) in [6.45, 7) is 0. The number of aromatic nitrogens is 5. The zero-order valence-corrected chi connectivity index (χ0v) is 15.3. The third-order valence-electron chi connectivity index (χ3n) is 4.81. The van der Waals surface area contributed by atoms with Gasteiger partial charge in [-0.05, 0) is 47.5 Å². The monoisotopic (exact) mass is 380 g/mol. The van der Waals surface area contributed by atoms with Crippen LogP contribution in [0.2, 0.25) is 0 Å². The summed E-state index contributed by atoms with van der Waals surface area (Å²) in [5.74, 6) is -0.509. The number of hydrogen-bond acceptors (Lipinski definition) is 4. The second-order valence-electron chi connectivity index (χ2n) is 6.63. The molecule has 1 amide bonds. The smallest absolute Gasteiger partial charge is 0.241 e. The molecule has 0 unspecified atom stereocenters. The van der Waals surface area contributed by atoms with E-state index in [9.17, 15) is 4.79 Å². The third-order valence-corrected chi connectivity index (χ3v) is 4.81. The van der Waals surface area contributed by atoms with E-state index in [0.717, 1.165) is 44.3 Å². The fraction of sp³-hybridized carbons (Fsp3) is 0. The lowest BCUT2D eigenvalue weighted by molar-refractivity contribution is -0.113. The van der Waals surface area contributed by atoms with Gasteiger partial charge in [0.2, 0.25) is 5.91 Å². The molecule has 0 saturated carbocycles. The van der Waals surface area contributed by atoms with Gasteiger partial charge >= 0.3 is 0 Å². The largest absolute Gasteiger partial charge is 0.366 e. The van der Waals surface area contributed by atoms with Crippen LogP contribution in [0.3, 0.4) is 0 Å². The number of fused-ring (bicyclic) bond motifs is 2. The number of pyridine rings is 3. The second kappa shape index (κ2) is 6.72. The Labute approximate surface area is 165 Å². The summed E-state index contributed by atoms with van der Waals surface area (Å²) in [7, 11) is 0. The van der Waals surface area contributed by atoms with Gasteiger partial charge in [-0.2, -0.15) is 0 Å². The summed E-state index contributed by atoms with van der Waals surface area (Å²) in [4.78, 5) is 30.6. The van der Waals surface area contributed by atoms with E-state index in [0.29, 0.717) is 5.69 Å². The van der Waals surface area contributed by atoms with Crippen LogP contribution in [0.5, 0.6) is 0 Å². The molecule has 0 aromatic carbocycles. The van der Waals surface area contributed by atoms with Crippen molar-refractivity contribution in [2.75, 3.05) is 0 Å². The summed E-state index contributed by atoms with van der Waals surface area (Å²) in [6, 6.07) is 9.93. The van der Waals surface area contributed by atoms with Crippen molar-refractivity contribution in [3.8, 4) is 22.3 Å². The molecule has 5 aromatic rings. The quantitative estimate of drug-likeness (QED) is 0.413. The summed E-state index contributed by atoms with van der Waals surface area (Å²) in [6.07, 6.45) is 12.1. The predicted octanol–water partition coefficient (Wildman–Crippen LogP) is 3.67. The van der Waals surface area contributed by atoms with Gasteiger partial charge in [0.25, 0.3) is 0 Å². The van der Waals surface area contributed by atoms with Crippen molar-refractivity contribution < 1.29 is 4.79 Å². The lowest BCUT2D eigenvalue weighted by Gasteiger charge is -2.05. The lowest BCUT2D eigenvalue weighted by Crippen LogP contribution is -2.05.